The minimum atomic E-state index is -3.58. The lowest BCUT2D eigenvalue weighted by molar-refractivity contribution is -0.116. The van der Waals surface area contributed by atoms with Crippen molar-refractivity contribution in [2.45, 2.75) is 13.5 Å². The molecule has 9 heteroatoms. The molecule has 0 unspecified atom stereocenters. The number of nitrogens with zero attached hydrogens (tertiary/aromatic N) is 1. The van der Waals surface area contributed by atoms with E-state index in [2.05, 4.69) is 10.6 Å². The molecule has 8 nitrogen and oxygen atoms in total. The number of carbonyl (C=O) groups excluding carboxylic acids is 2. The molecule has 0 atom stereocenters. The van der Waals surface area contributed by atoms with Crippen LogP contribution in [0.25, 0.3) is 0 Å². The molecule has 1 aromatic heterocycles. The quantitative estimate of drug-likeness (QED) is 0.775. The maximum atomic E-state index is 12.1. The number of hydrogen-bond acceptors (Lipinski definition) is 5. The standard InChI is InChI=1S/C16H19N3O5S/c1-12(20)17-13-5-7-14(8-6-13)18-16(21)11-19(25(2,22)23)10-15-4-3-9-24-15/h3-9H,10-11H2,1-2H3,(H,17,20)(H,18,21). The van der Waals surface area contributed by atoms with E-state index in [0.717, 1.165) is 10.6 Å². The molecule has 0 saturated carbocycles. The van der Waals surface area contributed by atoms with E-state index in [9.17, 15) is 18.0 Å². The predicted molar refractivity (Wildman–Crippen MR) is 93.3 cm³/mol. The van der Waals surface area contributed by atoms with Crippen LogP contribution in [0, 0.1) is 0 Å². The zero-order chi connectivity index (χ0) is 18.4. The highest BCUT2D eigenvalue weighted by molar-refractivity contribution is 7.88. The van der Waals surface area contributed by atoms with E-state index in [4.69, 9.17) is 4.42 Å². The van der Waals surface area contributed by atoms with E-state index in [1.54, 1.807) is 36.4 Å². The van der Waals surface area contributed by atoms with E-state index in [-0.39, 0.29) is 19.0 Å². The summed E-state index contributed by atoms with van der Waals surface area (Å²) in [6, 6.07) is 9.77. The number of anilines is 2. The van der Waals surface area contributed by atoms with E-state index >= 15 is 0 Å². The summed E-state index contributed by atoms with van der Waals surface area (Å²) in [7, 11) is -3.58. The zero-order valence-electron chi connectivity index (χ0n) is 13.9. The summed E-state index contributed by atoms with van der Waals surface area (Å²) >= 11 is 0. The summed E-state index contributed by atoms with van der Waals surface area (Å²) < 4.78 is 29.9. The second kappa shape index (κ2) is 7.95. The van der Waals surface area contributed by atoms with Gasteiger partial charge in [0.05, 0.1) is 25.6 Å². The fourth-order valence-corrected chi connectivity index (χ4v) is 2.78. The fourth-order valence-electron chi connectivity index (χ4n) is 2.07. The second-order valence-corrected chi connectivity index (χ2v) is 7.40. The first-order chi connectivity index (χ1) is 11.7. The van der Waals surface area contributed by atoms with Crippen LogP contribution in [0.15, 0.2) is 47.1 Å². The van der Waals surface area contributed by atoms with Crippen LogP contribution in [0.5, 0.6) is 0 Å². The van der Waals surface area contributed by atoms with Crippen LogP contribution in [0.3, 0.4) is 0 Å². The number of benzene rings is 1. The average Bonchev–Trinajstić information content (AvgIpc) is 3.00. The van der Waals surface area contributed by atoms with Crippen LogP contribution < -0.4 is 10.6 Å². The number of sulfonamides is 1. The Morgan fingerprint density at radius 1 is 1.08 bits per heavy atom. The number of hydrogen-bond donors (Lipinski definition) is 2. The summed E-state index contributed by atoms with van der Waals surface area (Å²) in [5.41, 5.74) is 1.09. The summed E-state index contributed by atoms with van der Waals surface area (Å²) in [6.07, 6.45) is 2.47. The Morgan fingerprint density at radius 2 is 1.68 bits per heavy atom. The van der Waals surface area contributed by atoms with Gasteiger partial charge in [-0.15, -0.1) is 0 Å². The SMILES string of the molecule is CC(=O)Nc1ccc(NC(=O)CN(Cc2ccco2)S(C)(=O)=O)cc1. The van der Waals surface area contributed by atoms with Crippen molar-refractivity contribution in [2.24, 2.45) is 0 Å². The normalized spacial score (nSPS) is 11.3. The summed E-state index contributed by atoms with van der Waals surface area (Å²) in [4.78, 5) is 23.1. The average molecular weight is 365 g/mol. The van der Waals surface area contributed by atoms with Crippen LogP contribution >= 0.6 is 0 Å². The number of amides is 2. The van der Waals surface area contributed by atoms with Gasteiger partial charge in [0.15, 0.2) is 0 Å². The van der Waals surface area contributed by atoms with Gasteiger partial charge in [-0.2, -0.15) is 4.31 Å². The summed E-state index contributed by atoms with van der Waals surface area (Å²) in [5, 5.41) is 5.23. The lowest BCUT2D eigenvalue weighted by Crippen LogP contribution is -2.36. The topological polar surface area (TPSA) is 109 Å². The smallest absolute Gasteiger partial charge is 0.239 e. The molecule has 1 heterocycles. The largest absolute Gasteiger partial charge is 0.468 e. The molecule has 0 spiro atoms. The third-order valence-corrected chi connectivity index (χ3v) is 4.39. The number of carbonyl (C=O) groups is 2. The molecule has 1 aromatic carbocycles. The molecule has 0 saturated heterocycles. The highest BCUT2D eigenvalue weighted by Gasteiger charge is 2.21. The van der Waals surface area contributed by atoms with E-state index in [1.165, 1.54) is 13.2 Å². The fraction of sp³-hybridized carbons (Fsp3) is 0.250. The van der Waals surface area contributed by atoms with E-state index in [1.807, 2.05) is 0 Å². The van der Waals surface area contributed by atoms with Gasteiger partial charge in [-0.1, -0.05) is 0 Å². The van der Waals surface area contributed by atoms with Crippen molar-refractivity contribution in [3.8, 4) is 0 Å². The molecule has 2 N–H and O–H groups in total. The van der Waals surface area contributed by atoms with Crippen LogP contribution in [0.2, 0.25) is 0 Å². The van der Waals surface area contributed by atoms with Crippen molar-refractivity contribution >= 4 is 33.2 Å². The molecule has 0 aliphatic carbocycles. The first-order valence-corrected chi connectivity index (χ1v) is 9.24. The van der Waals surface area contributed by atoms with Gasteiger partial charge in [0, 0.05) is 18.3 Å². The molecule has 0 aliphatic rings. The Labute approximate surface area is 145 Å². The van der Waals surface area contributed by atoms with Gasteiger partial charge in [-0.25, -0.2) is 8.42 Å². The lowest BCUT2D eigenvalue weighted by Gasteiger charge is -2.18. The van der Waals surface area contributed by atoms with Gasteiger partial charge in [0.2, 0.25) is 21.8 Å². The van der Waals surface area contributed by atoms with Crippen LogP contribution in [0.4, 0.5) is 11.4 Å². The predicted octanol–water partition coefficient (Wildman–Crippen LogP) is 1.64. The van der Waals surface area contributed by atoms with Crippen LogP contribution in [0.1, 0.15) is 12.7 Å². The van der Waals surface area contributed by atoms with Gasteiger partial charge in [0.25, 0.3) is 0 Å². The molecular weight excluding hydrogens is 346 g/mol. The van der Waals surface area contributed by atoms with Crippen molar-refractivity contribution in [3.63, 3.8) is 0 Å². The first kappa shape index (κ1) is 18.7. The second-order valence-electron chi connectivity index (χ2n) is 5.42. The summed E-state index contributed by atoms with van der Waals surface area (Å²) in [6.45, 7) is 1.03. The molecule has 0 aliphatic heterocycles. The minimum Gasteiger partial charge on any atom is -0.468 e. The monoisotopic (exact) mass is 365 g/mol. The number of nitrogens with one attached hydrogen (secondary N) is 2. The van der Waals surface area contributed by atoms with E-state index in [0.29, 0.717) is 17.1 Å². The zero-order valence-corrected chi connectivity index (χ0v) is 14.7. The number of furan rings is 1. The highest BCUT2D eigenvalue weighted by atomic mass is 32.2. The maximum Gasteiger partial charge on any atom is 0.239 e. The van der Waals surface area contributed by atoms with Crippen molar-refractivity contribution < 1.29 is 22.4 Å². The highest BCUT2D eigenvalue weighted by Crippen LogP contribution is 2.14. The van der Waals surface area contributed by atoms with Crippen molar-refractivity contribution in [2.75, 3.05) is 23.4 Å². The Hall–Kier alpha value is -2.65. The molecule has 2 rings (SSSR count). The van der Waals surface area contributed by atoms with E-state index < -0.39 is 15.9 Å². The first-order valence-electron chi connectivity index (χ1n) is 7.39. The van der Waals surface area contributed by atoms with Gasteiger partial charge in [-0.05, 0) is 36.4 Å². The van der Waals surface area contributed by atoms with Crippen LogP contribution in [-0.4, -0.2) is 37.3 Å². The minimum absolute atomic E-state index is 0.0271. The number of rotatable bonds is 7. The van der Waals surface area contributed by atoms with Gasteiger partial charge < -0.3 is 15.1 Å². The third-order valence-electron chi connectivity index (χ3n) is 3.19. The molecule has 2 aromatic rings. The third kappa shape index (κ3) is 6.05. The Kier molecular flexibility index (Phi) is 5.94. The van der Waals surface area contributed by atoms with Gasteiger partial charge >= 0.3 is 0 Å². The van der Waals surface area contributed by atoms with Crippen molar-refractivity contribution in [1.29, 1.82) is 0 Å². The lowest BCUT2D eigenvalue weighted by atomic mass is 10.2. The maximum absolute atomic E-state index is 12.1. The Morgan fingerprint density at radius 3 is 2.16 bits per heavy atom. The molecular formula is C16H19N3O5S. The molecule has 2 amide bonds. The molecule has 25 heavy (non-hydrogen) atoms. The van der Waals surface area contributed by atoms with Crippen LogP contribution in [-0.2, 0) is 26.2 Å². The van der Waals surface area contributed by atoms with Crippen molar-refractivity contribution in [1.82, 2.24) is 4.31 Å². The van der Waals surface area contributed by atoms with Gasteiger partial charge in [-0.3, -0.25) is 9.59 Å². The summed E-state index contributed by atoms with van der Waals surface area (Å²) in [5.74, 6) is -0.236. The Bertz CT molecular complexity index is 829. The molecule has 134 valence electrons. The molecule has 0 fully saturated rings. The molecule has 0 bridgehead atoms. The molecule has 0 radical (unpaired) electrons. The Balaban J connectivity index is 1.99. The van der Waals surface area contributed by atoms with Crippen molar-refractivity contribution in [3.05, 3.63) is 48.4 Å². The van der Waals surface area contributed by atoms with Gasteiger partial charge in [0.1, 0.15) is 5.76 Å².